The Kier molecular flexibility index (Phi) is 6.16. The number of benzene rings is 1. The van der Waals surface area contributed by atoms with Crippen LogP contribution in [0.1, 0.15) is 43.5 Å². The third kappa shape index (κ3) is 4.19. The van der Waals surface area contributed by atoms with Gasteiger partial charge in [-0.25, -0.2) is 10.1 Å². The van der Waals surface area contributed by atoms with Crippen LogP contribution in [-0.2, 0) is 20.4 Å². The van der Waals surface area contributed by atoms with Crippen LogP contribution in [0, 0.1) is 6.92 Å². The fourth-order valence-corrected chi connectivity index (χ4v) is 4.53. The lowest BCUT2D eigenvalue weighted by atomic mass is 9.71. The predicted octanol–water partition coefficient (Wildman–Crippen LogP) is 2.31. The van der Waals surface area contributed by atoms with E-state index in [1.807, 2.05) is 52.0 Å². The number of nitrogens with zero attached hydrogens (tertiary/aromatic N) is 2. The zero-order chi connectivity index (χ0) is 22.1. The number of aromatic nitrogens is 1. The van der Waals surface area contributed by atoms with Crippen LogP contribution in [0.4, 0.5) is 5.69 Å². The van der Waals surface area contributed by atoms with Crippen LogP contribution < -0.4 is 15.2 Å². The molecular weight excluding hydrogens is 404 g/mol. The molecule has 1 fully saturated rings. The molecule has 0 bridgehead atoms. The number of rotatable bonds is 7. The minimum atomic E-state index is -3.89. The van der Waals surface area contributed by atoms with Crippen molar-refractivity contribution >= 4 is 21.8 Å². The summed E-state index contributed by atoms with van der Waals surface area (Å²) in [4.78, 5) is 17.9. The fraction of sp³-hybridized carbons (Fsp3) is 0.429. The summed E-state index contributed by atoms with van der Waals surface area (Å²) in [5.74, 6) is 0.178. The van der Waals surface area contributed by atoms with Crippen molar-refractivity contribution in [1.29, 1.82) is 0 Å². The van der Waals surface area contributed by atoms with Gasteiger partial charge in [0.25, 0.3) is 10.2 Å². The van der Waals surface area contributed by atoms with Crippen molar-refractivity contribution in [3.8, 4) is 5.88 Å². The van der Waals surface area contributed by atoms with E-state index in [9.17, 15) is 13.2 Å². The van der Waals surface area contributed by atoms with Crippen molar-refractivity contribution in [2.75, 3.05) is 25.0 Å². The standard InChI is InChI=1S/C21H28N4O4S/c1-5-29-19-18(11-10-15(4)23-19)24-20(26)21(12-25(13-21)30(22,27)28)17-9-7-6-8-16(17)14(2)3/h6-11,14H,5,12-13H2,1-4H3,(H,24,26)(H2,22,27,28). The molecule has 0 spiro atoms. The number of hydrogen-bond donors (Lipinski definition) is 2. The SMILES string of the molecule is CCOc1nc(C)ccc1NC(=O)C1(c2ccccc2C(C)C)CN(S(N)(=O)=O)C1. The van der Waals surface area contributed by atoms with Gasteiger partial charge in [-0.2, -0.15) is 12.7 Å². The number of carbonyl (C=O) groups is 1. The Balaban J connectivity index is 2.02. The number of amides is 1. The van der Waals surface area contributed by atoms with Gasteiger partial charge < -0.3 is 10.1 Å². The van der Waals surface area contributed by atoms with E-state index in [-0.39, 0.29) is 24.9 Å². The lowest BCUT2D eigenvalue weighted by Crippen LogP contribution is -2.67. The Labute approximate surface area is 177 Å². The number of aryl methyl sites for hydroxylation is 1. The lowest BCUT2D eigenvalue weighted by Gasteiger charge is -2.48. The van der Waals surface area contributed by atoms with Gasteiger partial charge in [0.2, 0.25) is 11.8 Å². The number of anilines is 1. The van der Waals surface area contributed by atoms with E-state index in [0.717, 1.165) is 21.1 Å². The Bertz CT molecular complexity index is 1050. The van der Waals surface area contributed by atoms with Gasteiger partial charge in [-0.3, -0.25) is 4.79 Å². The largest absolute Gasteiger partial charge is 0.476 e. The lowest BCUT2D eigenvalue weighted by molar-refractivity contribution is -0.125. The fourth-order valence-electron chi connectivity index (χ4n) is 3.72. The highest BCUT2D eigenvalue weighted by atomic mass is 32.2. The summed E-state index contributed by atoms with van der Waals surface area (Å²) in [5, 5.41) is 8.22. The molecule has 1 aromatic carbocycles. The molecular formula is C21H28N4O4S. The summed E-state index contributed by atoms with van der Waals surface area (Å²) < 4.78 is 30.4. The van der Waals surface area contributed by atoms with E-state index in [2.05, 4.69) is 10.3 Å². The average Bonchev–Trinajstić information content (AvgIpc) is 2.62. The molecule has 30 heavy (non-hydrogen) atoms. The van der Waals surface area contributed by atoms with Crippen LogP contribution in [0.3, 0.4) is 0 Å². The summed E-state index contributed by atoms with van der Waals surface area (Å²) in [7, 11) is -3.89. The van der Waals surface area contributed by atoms with Gasteiger partial charge in [0.15, 0.2) is 0 Å². The minimum absolute atomic E-state index is 0.0232. The van der Waals surface area contributed by atoms with Gasteiger partial charge in [-0.15, -0.1) is 0 Å². The van der Waals surface area contributed by atoms with E-state index in [0.29, 0.717) is 18.2 Å². The Morgan fingerprint density at radius 3 is 2.53 bits per heavy atom. The average molecular weight is 433 g/mol. The molecule has 1 aliphatic rings. The molecule has 3 rings (SSSR count). The van der Waals surface area contributed by atoms with Crippen LogP contribution in [-0.4, -0.2) is 43.3 Å². The van der Waals surface area contributed by atoms with Crippen molar-refractivity contribution in [2.24, 2.45) is 5.14 Å². The molecule has 3 N–H and O–H groups in total. The maximum atomic E-state index is 13.5. The number of hydrogen-bond acceptors (Lipinski definition) is 5. The molecule has 0 saturated carbocycles. The highest BCUT2D eigenvalue weighted by Crippen LogP contribution is 2.41. The molecule has 0 atom stereocenters. The normalized spacial score (nSPS) is 16.2. The molecule has 2 aromatic rings. The van der Waals surface area contributed by atoms with Crippen LogP contribution in [0.5, 0.6) is 5.88 Å². The van der Waals surface area contributed by atoms with E-state index in [4.69, 9.17) is 9.88 Å². The molecule has 1 amide bonds. The zero-order valence-electron chi connectivity index (χ0n) is 17.7. The first-order valence-corrected chi connectivity index (χ1v) is 11.4. The topological polar surface area (TPSA) is 115 Å². The smallest absolute Gasteiger partial charge is 0.276 e. The third-order valence-electron chi connectivity index (χ3n) is 5.31. The second-order valence-electron chi connectivity index (χ2n) is 7.83. The van der Waals surface area contributed by atoms with Crippen LogP contribution in [0.25, 0.3) is 0 Å². The van der Waals surface area contributed by atoms with Crippen molar-refractivity contribution in [3.05, 3.63) is 53.2 Å². The number of nitrogens with two attached hydrogens (primary N) is 1. The van der Waals surface area contributed by atoms with Crippen LogP contribution >= 0.6 is 0 Å². The quantitative estimate of drug-likeness (QED) is 0.697. The molecule has 2 heterocycles. The second kappa shape index (κ2) is 8.33. The number of nitrogens with one attached hydrogen (secondary N) is 1. The first-order chi connectivity index (χ1) is 14.1. The van der Waals surface area contributed by atoms with Crippen molar-refractivity contribution in [2.45, 2.75) is 39.0 Å². The van der Waals surface area contributed by atoms with Gasteiger partial charge in [0, 0.05) is 18.8 Å². The molecule has 1 aliphatic heterocycles. The molecule has 0 aliphatic carbocycles. The van der Waals surface area contributed by atoms with Gasteiger partial charge in [-0.1, -0.05) is 38.1 Å². The zero-order valence-corrected chi connectivity index (χ0v) is 18.5. The summed E-state index contributed by atoms with van der Waals surface area (Å²) in [5.41, 5.74) is 1.95. The van der Waals surface area contributed by atoms with Crippen molar-refractivity contribution in [1.82, 2.24) is 9.29 Å². The van der Waals surface area contributed by atoms with Crippen LogP contribution in [0.15, 0.2) is 36.4 Å². The molecule has 0 unspecified atom stereocenters. The number of ether oxygens (including phenoxy) is 1. The Hall–Kier alpha value is -2.49. The number of carbonyl (C=O) groups excluding carboxylic acids is 1. The summed E-state index contributed by atoms with van der Waals surface area (Å²) in [6.07, 6.45) is 0. The predicted molar refractivity (Wildman–Crippen MR) is 116 cm³/mol. The maximum absolute atomic E-state index is 13.5. The second-order valence-corrected chi connectivity index (χ2v) is 9.38. The molecule has 8 nitrogen and oxygen atoms in total. The monoisotopic (exact) mass is 432 g/mol. The van der Waals surface area contributed by atoms with Crippen LogP contribution in [0.2, 0.25) is 0 Å². The summed E-state index contributed by atoms with van der Waals surface area (Å²) in [6, 6.07) is 11.1. The maximum Gasteiger partial charge on any atom is 0.276 e. The molecule has 1 aromatic heterocycles. The first kappa shape index (κ1) is 22.2. The highest BCUT2D eigenvalue weighted by molar-refractivity contribution is 7.86. The third-order valence-corrected chi connectivity index (χ3v) is 6.29. The molecule has 162 valence electrons. The Morgan fingerprint density at radius 2 is 1.93 bits per heavy atom. The van der Waals surface area contributed by atoms with E-state index < -0.39 is 15.6 Å². The summed E-state index contributed by atoms with van der Waals surface area (Å²) in [6.45, 7) is 8.11. The highest BCUT2D eigenvalue weighted by Gasteiger charge is 2.54. The summed E-state index contributed by atoms with van der Waals surface area (Å²) >= 11 is 0. The van der Waals surface area contributed by atoms with E-state index >= 15 is 0 Å². The molecule has 0 radical (unpaired) electrons. The van der Waals surface area contributed by atoms with E-state index in [1.54, 1.807) is 12.1 Å². The van der Waals surface area contributed by atoms with E-state index in [1.165, 1.54) is 0 Å². The Morgan fingerprint density at radius 1 is 1.27 bits per heavy atom. The minimum Gasteiger partial charge on any atom is -0.476 e. The van der Waals surface area contributed by atoms with Gasteiger partial charge in [0.1, 0.15) is 11.1 Å². The van der Waals surface area contributed by atoms with Gasteiger partial charge in [0.05, 0.1) is 6.61 Å². The number of pyridine rings is 1. The molecule has 9 heteroatoms. The van der Waals surface area contributed by atoms with Gasteiger partial charge in [-0.05, 0) is 43.0 Å². The molecule has 1 saturated heterocycles. The van der Waals surface area contributed by atoms with Crippen molar-refractivity contribution < 1.29 is 17.9 Å². The first-order valence-electron chi connectivity index (χ1n) is 9.87. The van der Waals surface area contributed by atoms with Crippen molar-refractivity contribution in [3.63, 3.8) is 0 Å². The van der Waals surface area contributed by atoms with Gasteiger partial charge >= 0.3 is 0 Å².